The predicted molar refractivity (Wildman–Crippen MR) is 60.4 cm³/mol. The maximum atomic E-state index is 10.6. The first-order chi connectivity index (χ1) is 8.16. The van der Waals surface area contributed by atoms with Crippen LogP contribution in [0.2, 0.25) is 0 Å². The molecule has 0 saturated carbocycles. The highest BCUT2D eigenvalue weighted by atomic mass is 16.6. The van der Waals surface area contributed by atoms with Gasteiger partial charge < -0.3 is 25.3 Å². The smallest absolute Gasteiger partial charge is 0.330 e. The number of nitrogens with one attached hydrogen (secondary N) is 1. The van der Waals surface area contributed by atoms with Gasteiger partial charge in [0.1, 0.15) is 6.61 Å². The Kier molecular flexibility index (Phi) is 9.88. The van der Waals surface area contributed by atoms with Crippen LogP contribution in [0.3, 0.4) is 0 Å². The predicted octanol–water partition coefficient (Wildman–Crippen LogP) is -0.583. The summed E-state index contributed by atoms with van der Waals surface area (Å²) < 4.78 is 14.9. The molecule has 98 valence electrons. The lowest BCUT2D eigenvalue weighted by Gasteiger charge is -2.06. The van der Waals surface area contributed by atoms with Gasteiger partial charge in [0.05, 0.1) is 26.4 Å². The summed E-state index contributed by atoms with van der Waals surface area (Å²) in [6.07, 6.45) is 1.09. The van der Waals surface area contributed by atoms with Crippen molar-refractivity contribution in [2.45, 2.75) is 0 Å². The fourth-order valence-corrected chi connectivity index (χ4v) is 0.828. The van der Waals surface area contributed by atoms with Crippen LogP contribution in [0.4, 0.5) is 4.79 Å². The monoisotopic (exact) mass is 246 g/mol. The molecular weight excluding hydrogens is 228 g/mol. The summed E-state index contributed by atoms with van der Waals surface area (Å²) >= 11 is 0. The summed E-state index contributed by atoms with van der Waals surface area (Å²) in [4.78, 5) is 20.9. The maximum absolute atomic E-state index is 10.6. The van der Waals surface area contributed by atoms with Gasteiger partial charge in [0.15, 0.2) is 0 Å². The van der Waals surface area contributed by atoms with Crippen molar-refractivity contribution in [1.29, 1.82) is 0 Å². The van der Waals surface area contributed by atoms with Gasteiger partial charge >= 0.3 is 12.0 Å². The molecule has 0 spiro atoms. The molecule has 0 unspecified atom stereocenters. The average Bonchev–Trinajstić information content (AvgIpc) is 2.30. The molecule has 0 atom stereocenters. The van der Waals surface area contributed by atoms with Gasteiger partial charge in [-0.15, -0.1) is 0 Å². The first-order valence-electron chi connectivity index (χ1n) is 5.14. The lowest BCUT2D eigenvalue weighted by molar-refractivity contribution is -0.139. The zero-order valence-corrected chi connectivity index (χ0v) is 9.65. The summed E-state index contributed by atoms with van der Waals surface area (Å²) in [6, 6.07) is -0.575. The standard InChI is InChI=1S/C10H18N2O5/c1-2-9(13)17-8-7-16-6-5-15-4-3-12-10(11)14/h2H,1,3-8H2,(H3,11,12,14). The Morgan fingerprint density at radius 3 is 2.29 bits per heavy atom. The van der Waals surface area contributed by atoms with Crippen LogP contribution in [0.5, 0.6) is 0 Å². The summed E-state index contributed by atoms with van der Waals surface area (Å²) in [7, 11) is 0. The van der Waals surface area contributed by atoms with Gasteiger partial charge in [-0.05, 0) is 0 Å². The second kappa shape index (κ2) is 10.9. The van der Waals surface area contributed by atoms with Crippen LogP contribution in [0, 0.1) is 0 Å². The van der Waals surface area contributed by atoms with E-state index in [1.165, 1.54) is 0 Å². The van der Waals surface area contributed by atoms with E-state index in [1.807, 2.05) is 0 Å². The van der Waals surface area contributed by atoms with Gasteiger partial charge in [0.2, 0.25) is 0 Å². The van der Waals surface area contributed by atoms with Gasteiger partial charge in [-0.25, -0.2) is 9.59 Å². The molecule has 7 heteroatoms. The van der Waals surface area contributed by atoms with Crippen molar-refractivity contribution in [3.63, 3.8) is 0 Å². The van der Waals surface area contributed by atoms with Gasteiger partial charge in [0.25, 0.3) is 0 Å². The highest BCUT2D eigenvalue weighted by Gasteiger charge is 1.95. The molecule has 0 rings (SSSR count). The molecule has 0 saturated heterocycles. The number of hydrogen-bond acceptors (Lipinski definition) is 5. The molecule has 0 bridgehead atoms. The molecule has 3 N–H and O–H groups in total. The number of carbonyl (C=O) groups is 2. The van der Waals surface area contributed by atoms with Crippen molar-refractivity contribution in [2.75, 3.05) is 39.6 Å². The summed E-state index contributed by atoms with van der Waals surface area (Å²) in [5.41, 5.74) is 4.85. The van der Waals surface area contributed by atoms with E-state index in [1.54, 1.807) is 0 Å². The van der Waals surface area contributed by atoms with Crippen LogP contribution < -0.4 is 11.1 Å². The Balaban J connectivity index is 3.06. The molecular formula is C10H18N2O5. The normalized spacial score (nSPS) is 9.65. The highest BCUT2D eigenvalue weighted by molar-refractivity contribution is 5.81. The van der Waals surface area contributed by atoms with Gasteiger partial charge in [-0.2, -0.15) is 0 Å². The van der Waals surface area contributed by atoms with E-state index < -0.39 is 12.0 Å². The fraction of sp³-hybridized carbons (Fsp3) is 0.600. The van der Waals surface area contributed by atoms with Crippen molar-refractivity contribution in [3.8, 4) is 0 Å². The Morgan fingerprint density at radius 2 is 1.71 bits per heavy atom. The maximum Gasteiger partial charge on any atom is 0.330 e. The number of urea groups is 1. The minimum absolute atomic E-state index is 0.189. The van der Waals surface area contributed by atoms with E-state index in [0.717, 1.165) is 6.08 Å². The van der Waals surface area contributed by atoms with Crippen molar-refractivity contribution >= 4 is 12.0 Å². The zero-order chi connectivity index (χ0) is 12.9. The largest absolute Gasteiger partial charge is 0.460 e. The molecule has 0 aromatic heterocycles. The van der Waals surface area contributed by atoms with E-state index in [-0.39, 0.29) is 6.61 Å². The zero-order valence-electron chi connectivity index (χ0n) is 9.65. The van der Waals surface area contributed by atoms with Crippen molar-refractivity contribution in [2.24, 2.45) is 5.73 Å². The number of carbonyl (C=O) groups excluding carboxylic acids is 2. The topological polar surface area (TPSA) is 99.9 Å². The second-order valence-electron chi connectivity index (χ2n) is 2.89. The van der Waals surface area contributed by atoms with Crippen molar-refractivity contribution in [1.82, 2.24) is 5.32 Å². The fourth-order valence-electron chi connectivity index (χ4n) is 0.828. The molecule has 0 aliphatic rings. The van der Waals surface area contributed by atoms with Gasteiger partial charge in [-0.1, -0.05) is 6.58 Å². The number of nitrogens with two attached hydrogens (primary N) is 1. The van der Waals surface area contributed by atoms with E-state index >= 15 is 0 Å². The SMILES string of the molecule is C=CC(=O)OCCOCCOCCNC(N)=O. The number of ether oxygens (including phenoxy) is 3. The number of amides is 2. The number of hydrogen-bond donors (Lipinski definition) is 2. The minimum Gasteiger partial charge on any atom is -0.460 e. The van der Waals surface area contributed by atoms with E-state index in [4.69, 9.17) is 15.2 Å². The van der Waals surface area contributed by atoms with Crippen molar-refractivity contribution < 1.29 is 23.8 Å². The highest BCUT2D eigenvalue weighted by Crippen LogP contribution is 1.82. The third kappa shape index (κ3) is 12.3. The Bertz CT molecular complexity index is 245. The minimum atomic E-state index is -0.575. The van der Waals surface area contributed by atoms with Crippen LogP contribution >= 0.6 is 0 Å². The lowest BCUT2D eigenvalue weighted by atomic mass is 10.6. The average molecular weight is 246 g/mol. The third-order valence-electron chi connectivity index (χ3n) is 1.56. The Morgan fingerprint density at radius 1 is 1.12 bits per heavy atom. The molecule has 7 nitrogen and oxygen atoms in total. The molecule has 0 aromatic rings. The Hall–Kier alpha value is -1.60. The molecule has 0 aliphatic carbocycles. The van der Waals surface area contributed by atoms with Gasteiger partial charge in [0, 0.05) is 12.6 Å². The Labute approximate surface area is 99.9 Å². The van der Waals surface area contributed by atoms with Crippen molar-refractivity contribution in [3.05, 3.63) is 12.7 Å². The number of primary amides is 1. The molecule has 0 aliphatic heterocycles. The molecule has 0 aromatic carbocycles. The lowest BCUT2D eigenvalue weighted by Crippen LogP contribution is -2.32. The van der Waals surface area contributed by atoms with Crippen LogP contribution in [0.1, 0.15) is 0 Å². The van der Waals surface area contributed by atoms with Crippen LogP contribution in [0.25, 0.3) is 0 Å². The second-order valence-corrected chi connectivity index (χ2v) is 2.89. The first kappa shape index (κ1) is 15.4. The van der Waals surface area contributed by atoms with Crippen LogP contribution in [-0.4, -0.2) is 51.6 Å². The number of esters is 1. The van der Waals surface area contributed by atoms with E-state index in [0.29, 0.717) is 33.0 Å². The summed E-state index contributed by atoms with van der Waals surface area (Å²) in [6.45, 7) is 5.28. The van der Waals surface area contributed by atoms with Crippen LogP contribution in [-0.2, 0) is 19.0 Å². The first-order valence-corrected chi connectivity index (χ1v) is 5.14. The molecule has 2 amide bonds. The number of rotatable bonds is 10. The van der Waals surface area contributed by atoms with E-state index in [9.17, 15) is 9.59 Å². The summed E-state index contributed by atoms with van der Waals surface area (Å²) in [5, 5.41) is 2.38. The quantitative estimate of drug-likeness (QED) is 0.305. The molecule has 0 heterocycles. The summed E-state index contributed by atoms with van der Waals surface area (Å²) in [5.74, 6) is -0.470. The molecule has 0 radical (unpaired) electrons. The molecule has 0 fully saturated rings. The van der Waals surface area contributed by atoms with E-state index in [2.05, 4.69) is 16.6 Å². The third-order valence-corrected chi connectivity index (χ3v) is 1.56. The molecule has 17 heavy (non-hydrogen) atoms. The van der Waals surface area contributed by atoms with Crippen LogP contribution in [0.15, 0.2) is 12.7 Å². The van der Waals surface area contributed by atoms with Gasteiger partial charge in [-0.3, -0.25) is 0 Å².